The standard InChI is InChI=1S/C33H38ClN5O3/c1-24(40)39-17-7-16-37(22-26-8-5-4-6-9-26)18-19-38(23-27-12-13-28(34)21-30(27)39)32(41)15-11-25-10-14-29-31(20-25)36(3)33(42)35(29)2/h4-6,8-10,12-14,20-21H,7,11,15-19,22-23H2,1-3H3. The molecule has 42 heavy (non-hydrogen) atoms. The molecule has 5 rings (SSSR count). The summed E-state index contributed by atoms with van der Waals surface area (Å²) in [5.41, 5.74) is 5.55. The number of anilines is 1. The zero-order valence-corrected chi connectivity index (χ0v) is 25.3. The predicted octanol–water partition coefficient (Wildman–Crippen LogP) is 4.75. The molecule has 0 radical (unpaired) electrons. The summed E-state index contributed by atoms with van der Waals surface area (Å²) >= 11 is 6.39. The Morgan fingerprint density at radius 2 is 1.60 bits per heavy atom. The van der Waals surface area contributed by atoms with Gasteiger partial charge in [-0.05, 0) is 53.8 Å². The van der Waals surface area contributed by atoms with Gasteiger partial charge in [-0.2, -0.15) is 0 Å². The first kappa shape index (κ1) is 29.6. The van der Waals surface area contributed by atoms with Crippen LogP contribution in [0.3, 0.4) is 0 Å². The molecule has 1 aromatic heterocycles. The minimum atomic E-state index is -0.0693. The Kier molecular flexibility index (Phi) is 9.14. The van der Waals surface area contributed by atoms with Crippen LogP contribution in [-0.2, 0) is 43.2 Å². The molecule has 0 spiro atoms. The first-order valence-corrected chi connectivity index (χ1v) is 14.8. The molecule has 0 saturated heterocycles. The molecule has 2 heterocycles. The summed E-state index contributed by atoms with van der Waals surface area (Å²) < 4.78 is 3.27. The molecule has 220 valence electrons. The van der Waals surface area contributed by atoms with E-state index in [1.54, 1.807) is 35.1 Å². The van der Waals surface area contributed by atoms with E-state index in [0.717, 1.165) is 53.9 Å². The second-order valence-corrected chi connectivity index (χ2v) is 11.5. The Morgan fingerprint density at radius 1 is 0.833 bits per heavy atom. The Bertz CT molecular complexity index is 1640. The third kappa shape index (κ3) is 6.61. The van der Waals surface area contributed by atoms with Gasteiger partial charge in [-0.3, -0.25) is 23.6 Å². The topological polar surface area (TPSA) is 70.8 Å². The highest BCUT2D eigenvalue weighted by molar-refractivity contribution is 6.31. The van der Waals surface area contributed by atoms with Crippen LogP contribution in [0.4, 0.5) is 5.69 Å². The van der Waals surface area contributed by atoms with Gasteiger partial charge in [0.2, 0.25) is 11.8 Å². The average molecular weight is 588 g/mol. The number of halogens is 1. The highest BCUT2D eigenvalue weighted by Crippen LogP contribution is 2.28. The van der Waals surface area contributed by atoms with E-state index in [1.807, 2.05) is 59.5 Å². The van der Waals surface area contributed by atoms with Crippen molar-refractivity contribution in [3.63, 3.8) is 0 Å². The van der Waals surface area contributed by atoms with Crippen molar-refractivity contribution in [3.05, 3.63) is 98.9 Å². The lowest BCUT2D eigenvalue weighted by Crippen LogP contribution is -2.38. The molecule has 0 bridgehead atoms. The number of imidazole rings is 1. The lowest BCUT2D eigenvalue weighted by molar-refractivity contribution is -0.132. The fraction of sp³-hybridized carbons (Fsp3) is 0.364. The molecule has 8 nitrogen and oxygen atoms in total. The number of carbonyl (C=O) groups is 2. The molecular weight excluding hydrogens is 550 g/mol. The number of nitrogens with zero attached hydrogens (tertiary/aromatic N) is 5. The number of fused-ring (bicyclic) bond motifs is 2. The Morgan fingerprint density at radius 3 is 2.36 bits per heavy atom. The predicted molar refractivity (Wildman–Crippen MR) is 168 cm³/mol. The summed E-state index contributed by atoms with van der Waals surface area (Å²) in [7, 11) is 3.53. The molecule has 9 heteroatoms. The zero-order chi connectivity index (χ0) is 29.8. The van der Waals surface area contributed by atoms with Crippen LogP contribution in [-0.4, -0.2) is 56.9 Å². The first-order chi connectivity index (χ1) is 20.2. The maximum absolute atomic E-state index is 13.8. The monoisotopic (exact) mass is 587 g/mol. The molecule has 4 aromatic rings. The number of hydrogen-bond donors (Lipinski definition) is 0. The van der Waals surface area contributed by atoms with Gasteiger partial charge in [-0.15, -0.1) is 0 Å². The van der Waals surface area contributed by atoms with E-state index in [-0.39, 0.29) is 17.5 Å². The average Bonchev–Trinajstić information content (AvgIpc) is 3.18. The van der Waals surface area contributed by atoms with Crippen molar-refractivity contribution in [1.29, 1.82) is 0 Å². The summed E-state index contributed by atoms with van der Waals surface area (Å²) in [6.45, 7) is 5.41. The lowest BCUT2D eigenvalue weighted by atomic mass is 10.1. The van der Waals surface area contributed by atoms with E-state index in [2.05, 4.69) is 17.0 Å². The smallest absolute Gasteiger partial charge is 0.328 e. The van der Waals surface area contributed by atoms with Crippen molar-refractivity contribution < 1.29 is 9.59 Å². The SMILES string of the molecule is CC(=O)N1CCCN(Cc2ccccc2)CCN(C(=O)CCc2ccc3c(c2)n(C)c(=O)n3C)Cc2ccc(Cl)cc21. The third-order valence-corrected chi connectivity index (χ3v) is 8.42. The fourth-order valence-corrected chi connectivity index (χ4v) is 5.98. The molecular formula is C33H38ClN5O3. The number of hydrogen-bond acceptors (Lipinski definition) is 4. The Hall–Kier alpha value is -3.88. The van der Waals surface area contributed by atoms with Crippen LogP contribution in [0.5, 0.6) is 0 Å². The maximum Gasteiger partial charge on any atom is 0.328 e. The van der Waals surface area contributed by atoms with Crippen LogP contribution >= 0.6 is 11.6 Å². The van der Waals surface area contributed by atoms with Crippen molar-refractivity contribution in [3.8, 4) is 0 Å². The minimum absolute atomic E-state index is 0.0454. The molecule has 0 aliphatic carbocycles. The molecule has 0 fully saturated rings. The number of amides is 2. The summed E-state index contributed by atoms with van der Waals surface area (Å²) in [6.07, 6.45) is 1.70. The summed E-state index contributed by atoms with van der Waals surface area (Å²) in [5.74, 6) is 0.00202. The van der Waals surface area contributed by atoms with E-state index in [9.17, 15) is 14.4 Å². The van der Waals surface area contributed by atoms with Gasteiger partial charge in [-0.1, -0.05) is 54.1 Å². The molecule has 0 saturated carbocycles. The summed E-state index contributed by atoms with van der Waals surface area (Å²) in [6, 6.07) is 21.9. The Labute approximate surface area is 251 Å². The molecule has 0 N–H and O–H groups in total. The van der Waals surface area contributed by atoms with Gasteiger partial charge < -0.3 is 9.80 Å². The Balaban J connectivity index is 1.40. The number of carbonyl (C=O) groups excluding carboxylic acids is 2. The van der Waals surface area contributed by atoms with Gasteiger partial charge >= 0.3 is 5.69 Å². The quantitative estimate of drug-likeness (QED) is 0.338. The molecule has 1 aliphatic rings. The van der Waals surface area contributed by atoms with Gasteiger partial charge in [0.05, 0.1) is 16.7 Å². The fourth-order valence-electron chi connectivity index (χ4n) is 5.81. The van der Waals surface area contributed by atoms with Crippen LogP contribution in [0.15, 0.2) is 71.5 Å². The molecule has 2 amide bonds. The maximum atomic E-state index is 13.8. The van der Waals surface area contributed by atoms with Crippen LogP contribution in [0.2, 0.25) is 5.02 Å². The van der Waals surface area contributed by atoms with Crippen molar-refractivity contribution >= 4 is 40.1 Å². The van der Waals surface area contributed by atoms with E-state index in [0.29, 0.717) is 37.5 Å². The second kappa shape index (κ2) is 13.0. The molecule has 1 aliphatic heterocycles. The van der Waals surface area contributed by atoms with Gasteiger partial charge in [0.1, 0.15) is 0 Å². The van der Waals surface area contributed by atoms with Crippen molar-refractivity contribution in [2.75, 3.05) is 31.1 Å². The number of benzene rings is 3. The normalized spacial score (nSPS) is 15.0. The van der Waals surface area contributed by atoms with Crippen LogP contribution in [0.25, 0.3) is 11.0 Å². The van der Waals surface area contributed by atoms with Crippen molar-refractivity contribution in [2.24, 2.45) is 14.1 Å². The minimum Gasteiger partial charge on any atom is -0.337 e. The van der Waals surface area contributed by atoms with E-state index in [1.165, 1.54) is 5.56 Å². The third-order valence-electron chi connectivity index (χ3n) is 8.19. The molecule has 3 aromatic carbocycles. The van der Waals surface area contributed by atoms with Gasteiger partial charge in [0.25, 0.3) is 0 Å². The summed E-state index contributed by atoms with van der Waals surface area (Å²) in [5, 5.41) is 0.559. The van der Waals surface area contributed by atoms with Crippen molar-refractivity contribution in [2.45, 2.75) is 39.3 Å². The second-order valence-electron chi connectivity index (χ2n) is 11.1. The van der Waals surface area contributed by atoms with Crippen LogP contribution in [0.1, 0.15) is 36.5 Å². The van der Waals surface area contributed by atoms with Gasteiger partial charge in [-0.25, -0.2) is 4.79 Å². The lowest BCUT2D eigenvalue weighted by Gasteiger charge is -2.28. The largest absolute Gasteiger partial charge is 0.337 e. The van der Waals surface area contributed by atoms with Crippen molar-refractivity contribution in [1.82, 2.24) is 18.9 Å². The number of aromatic nitrogens is 2. The van der Waals surface area contributed by atoms with E-state index < -0.39 is 0 Å². The van der Waals surface area contributed by atoms with E-state index >= 15 is 0 Å². The highest BCUT2D eigenvalue weighted by Gasteiger charge is 2.23. The highest BCUT2D eigenvalue weighted by atomic mass is 35.5. The van der Waals surface area contributed by atoms with Gasteiger partial charge in [0.15, 0.2) is 0 Å². The zero-order valence-electron chi connectivity index (χ0n) is 24.6. The van der Waals surface area contributed by atoms with Crippen LogP contribution in [0, 0.1) is 0 Å². The molecule has 0 atom stereocenters. The van der Waals surface area contributed by atoms with E-state index in [4.69, 9.17) is 11.6 Å². The van der Waals surface area contributed by atoms with Gasteiger partial charge in [0, 0.05) is 71.7 Å². The van der Waals surface area contributed by atoms with Crippen LogP contribution < -0.4 is 10.6 Å². The number of rotatable bonds is 5. The molecule has 0 unspecified atom stereocenters. The summed E-state index contributed by atoms with van der Waals surface area (Å²) in [4.78, 5) is 45.0. The number of aryl methyl sites for hydroxylation is 3. The first-order valence-electron chi connectivity index (χ1n) is 14.5.